The number of esters is 1. The Labute approximate surface area is 187 Å². The quantitative estimate of drug-likeness (QED) is 0.287. The zero-order valence-electron chi connectivity index (χ0n) is 18.9. The van der Waals surface area contributed by atoms with Crippen molar-refractivity contribution in [2.45, 2.75) is 65.1 Å². The first-order valence-corrected chi connectivity index (χ1v) is 12.8. The maximum atomic E-state index is 13.2. The largest absolute Gasteiger partial charge is 0.465 e. The molecule has 1 aliphatic heterocycles. The molecule has 1 aliphatic rings. The lowest BCUT2D eigenvalue weighted by Gasteiger charge is -2.32. The van der Waals surface area contributed by atoms with Gasteiger partial charge in [-0.15, -0.1) is 0 Å². The van der Waals surface area contributed by atoms with Crippen molar-refractivity contribution < 1.29 is 23.4 Å². The maximum absolute atomic E-state index is 13.2. The van der Waals surface area contributed by atoms with Crippen molar-refractivity contribution >= 4 is 30.5 Å². The Kier molecular flexibility index (Phi) is 8.58. The number of carbonyl (C=O) groups excluding carboxylic acids is 1. The molecule has 0 radical (unpaired) electrons. The molecule has 1 saturated heterocycles. The Morgan fingerprint density at radius 3 is 2.88 bits per heavy atom. The summed E-state index contributed by atoms with van der Waals surface area (Å²) in [6.07, 6.45) is 5.84. The highest BCUT2D eigenvalue weighted by molar-refractivity contribution is 7.56. The summed E-state index contributed by atoms with van der Waals surface area (Å²) in [5.41, 5.74) is 6.94. The van der Waals surface area contributed by atoms with Crippen LogP contribution in [0.15, 0.2) is 12.7 Å². The molecule has 0 spiro atoms. The van der Waals surface area contributed by atoms with Gasteiger partial charge >= 0.3 is 5.97 Å². The van der Waals surface area contributed by atoms with Gasteiger partial charge in [0.1, 0.15) is 30.3 Å². The van der Waals surface area contributed by atoms with Crippen LogP contribution in [0.4, 0.5) is 5.82 Å². The van der Waals surface area contributed by atoms with Crippen LogP contribution in [0, 0.1) is 5.92 Å². The number of unbranched alkanes of at least 4 members (excludes halogenated alkanes) is 2. The summed E-state index contributed by atoms with van der Waals surface area (Å²) in [7, 11) is -3.35. The van der Waals surface area contributed by atoms with Gasteiger partial charge in [0, 0.05) is 0 Å². The second kappa shape index (κ2) is 11.2. The molecule has 3 rings (SSSR count). The fourth-order valence-electron chi connectivity index (χ4n) is 3.46. The number of imidazole rings is 1. The number of nitrogen functional groups attached to an aromatic ring is 1. The van der Waals surface area contributed by atoms with Crippen LogP contribution < -0.4 is 10.8 Å². The molecule has 32 heavy (non-hydrogen) atoms. The second-order valence-electron chi connectivity index (χ2n) is 8.40. The Bertz CT molecular complexity index is 940. The van der Waals surface area contributed by atoms with Crippen LogP contribution in [0.5, 0.6) is 0 Å². The van der Waals surface area contributed by atoms with Gasteiger partial charge in [-0.2, -0.15) is 0 Å². The van der Waals surface area contributed by atoms with Gasteiger partial charge in [-0.25, -0.2) is 20.0 Å². The van der Waals surface area contributed by atoms with Gasteiger partial charge in [-0.05, 0) is 18.8 Å². The number of hydrogen-bond acceptors (Lipinski definition) is 9. The van der Waals surface area contributed by atoms with E-state index < -0.39 is 19.5 Å². The summed E-state index contributed by atoms with van der Waals surface area (Å²) in [5.74, 6) is 0.114. The van der Waals surface area contributed by atoms with Crippen molar-refractivity contribution in [3.63, 3.8) is 0 Å². The first-order chi connectivity index (χ1) is 15.3. The summed E-state index contributed by atoms with van der Waals surface area (Å²) in [6.45, 7) is 6.94. The van der Waals surface area contributed by atoms with Crippen LogP contribution >= 0.6 is 7.52 Å². The average molecular weight is 468 g/mol. The molecule has 12 heteroatoms. The van der Waals surface area contributed by atoms with Gasteiger partial charge in [0.2, 0.25) is 0 Å². The molecule has 2 unspecified atom stereocenters. The molecule has 3 heterocycles. The smallest absolute Gasteiger partial charge is 0.323 e. The lowest BCUT2D eigenvalue weighted by Crippen LogP contribution is -2.41. The molecule has 0 aromatic carbocycles. The first kappa shape index (κ1) is 24.6. The zero-order chi connectivity index (χ0) is 23.1. The third-order valence-corrected chi connectivity index (χ3v) is 6.88. The monoisotopic (exact) mass is 468 g/mol. The molecule has 0 amide bonds. The van der Waals surface area contributed by atoms with Crippen molar-refractivity contribution in [3.05, 3.63) is 12.7 Å². The number of fused-ring (bicyclic) bond motifs is 1. The van der Waals surface area contributed by atoms with Gasteiger partial charge in [-0.1, -0.05) is 33.6 Å². The number of rotatable bonds is 11. The highest BCUT2D eigenvalue weighted by Gasteiger charge is 2.37. The van der Waals surface area contributed by atoms with E-state index >= 15 is 0 Å². The Morgan fingerprint density at radius 2 is 2.19 bits per heavy atom. The molecule has 3 atom stereocenters. The number of anilines is 1. The van der Waals surface area contributed by atoms with Crippen LogP contribution in [0.2, 0.25) is 0 Å². The minimum absolute atomic E-state index is 0.102. The van der Waals surface area contributed by atoms with Crippen molar-refractivity contribution in [2.24, 2.45) is 5.92 Å². The summed E-state index contributed by atoms with van der Waals surface area (Å²) < 4.78 is 31.9. The third-order valence-electron chi connectivity index (χ3n) is 5.12. The molecule has 3 N–H and O–H groups in total. The van der Waals surface area contributed by atoms with E-state index in [1.165, 1.54) is 6.33 Å². The van der Waals surface area contributed by atoms with Gasteiger partial charge in [0.25, 0.3) is 7.52 Å². The number of hydrogen-bond donors (Lipinski definition) is 2. The highest BCUT2D eigenvalue weighted by Crippen LogP contribution is 2.46. The van der Waals surface area contributed by atoms with E-state index in [4.69, 9.17) is 19.7 Å². The van der Waals surface area contributed by atoms with Crippen LogP contribution in [0.1, 0.15) is 46.5 Å². The Morgan fingerprint density at radius 1 is 1.38 bits per heavy atom. The summed E-state index contributed by atoms with van der Waals surface area (Å²) in [6, 6.07) is -0.708. The standard InChI is InChI=1S/C20H33N6O5P/c1-4-5-6-7-29-20(27)16(8-14(2)3)25-32(28)13-30-15(10-31-32)9-26-12-24-17-18(21)22-11-23-19(17)26/h11-12,14-16H,4-10,13H2,1-3H3,(H,25,28)(H2,21,22,23)/t15?,16-,32?/m0/s1. The molecule has 11 nitrogen and oxygen atoms in total. The fraction of sp³-hybridized carbons (Fsp3) is 0.700. The van der Waals surface area contributed by atoms with Gasteiger partial charge in [-0.3, -0.25) is 9.36 Å². The molecule has 178 valence electrons. The number of nitrogens with one attached hydrogen (secondary N) is 1. The molecule has 0 saturated carbocycles. The fourth-order valence-corrected chi connectivity index (χ4v) is 5.18. The molecule has 2 aromatic heterocycles. The van der Waals surface area contributed by atoms with E-state index in [1.54, 1.807) is 10.9 Å². The van der Waals surface area contributed by atoms with E-state index in [-0.39, 0.29) is 25.0 Å². The average Bonchev–Trinajstić information content (AvgIpc) is 3.16. The van der Waals surface area contributed by atoms with Crippen LogP contribution in [-0.4, -0.2) is 57.2 Å². The van der Waals surface area contributed by atoms with Crippen LogP contribution in [-0.2, 0) is 29.9 Å². The summed E-state index contributed by atoms with van der Waals surface area (Å²) >= 11 is 0. The van der Waals surface area contributed by atoms with Crippen LogP contribution in [0.3, 0.4) is 0 Å². The van der Waals surface area contributed by atoms with E-state index in [1.807, 2.05) is 13.8 Å². The molecule has 0 aliphatic carbocycles. The number of carbonyl (C=O) groups is 1. The second-order valence-corrected chi connectivity index (χ2v) is 10.5. The van der Waals surface area contributed by atoms with Crippen molar-refractivity contribution in [2.75, 3.05) is 25.3 Å². The number of aromatic nitrogens is 4. The lowest BCUT2D eigenvalue weighted by atomic mass is 10.1. The molecule has 1 fully saturated rings. The molecular weight excluding hydrogens is 435 g/mol. The predicted molar refractivity (Wildman–Crippen MR) is 120 cm³/mol. The normalized spacial score (nSPS) is 22.3. The first-order valence-electron chi connectivity index (χ1n) is 11.0. The Hall–Kier alpha value is -2.07. The highest BCUT2D eigenvalue weighted by atomic mass is 31.2. The van der Waals surface area contributed by atoms with E-state index in [2.05, 4.69) is 27.0 Å². The molecule has 0 bridgehead atoms. The minimum Gasteiger partial charge on any atom is -0.465 e. The maximum Gasteiger partial charge on any atom is 0.323 e. The zero-order valence-corrected chi connectivity index (χ0v) is 19.8. The predicted octanol–water partition coefficient (Wildman–Crippen LogP) is 2.71. The topological polar surface area (TPSA) is 143 Å². The molecule has 2 aromatic rings. The number of nitrogens with two attached hydrogens (primary N) is 1. The SMILES string of the molecule is CCCCCOC(=O)[C@H](CC(C)C)NP1(=O)COC(Cn2cnc3c(N)ncnc32)CO1. The van der Waals surface area contributed by atoms with Gasteiger partial charge < -0.3 is 24.3 Å². The van der Waals surface area contributed by atoms with Crippen molar-refractivity contribution in [1.29, 1.82) is 0 Å². The summed E-state index contributed by atoms with van der Waals surface area (Å²) in [4.78, 5) is 24.9. The van der Waals surface area contributed by atoms with Gasteiger partial charge in [0.15, 0.2) is 11.5 Å². The minimum atomic E-state index is -3.35. The van der Waals surface area contributed by atoms with Crippen molar-refractivity contribution in [1.82, 2.24) is 24.6 Å². The van der Waals surface area contributed by atoms with Crippen molar-refractivity contribution in [3.8, 4) is 0 Å². The lowest BCUT2D eigenvalue weighted by molar-refractivity contribution is -0.146. The molecular formula is C20H33N6O5P. The summed E-state index contributed by atoms with van der Waals surface area (Å²) in [5, 5.41) is 2.90. The Balaban J connectivity index is 1.56. The number of ether oxygens (including phenoxy) is 2. The van der Waals surface area contributed by atoms with Crippen LogP contribution in [0.25, 0.3) is 11.2 Å². The van der Waals surface area contributed by atoms with E-state index in [9.17, 15) is 9.36 Å². The number of nitrogens with zero attached hydrogens (tertiary/aromatic N) is 4. The van der Waals surface area contributed by atoms with Gasteiger partial charge in [0.05, 0.1) is 26.1 Å². The van der Waals surface area contributed by atoms with E-state index in [0.717, 1.165) is 19.3 Å². The third kappa shape index (κ3) is 6.48. The van der Waals surface area contributed by atoms with E-state index in [0.29, 0.717) is 36.6 Å².